The standard InChI is InChI=1S/C20H24N2O4S/c1-22(2)27(24,25)17-12-10-16(11-13-17)26-14-20(23)21-19-9-5-7-15-6-3-4-8-18(15)19/h3-4,6,8,10-13,19H,5,7,9,14H2,1-2H3,(H,21,23)/t19-/m0/s1. The van der Waals surface area contributed by atoms with E-state index in [2.05, 4.69) is 17.4 Å². The SMILES string of the molecule is CN(C)S(=O)(=O)c1ccc(OCC(=O)N[C@H]2CCCc3ccccc32)cc1. The topological polar surface area (TPSA) is 75.7 Å². The van der Waals surface area contributed by atoms with Crippen LogP contribution in [0.15, 0.2) is 53.4 Å². The van der Waals surface area contributed by atoms with E-state index in [-0.39, 0.29) is 23.5 Å². The van der Waals surface area contributed by atoms with Gasteiger partial charge in [0.1, 0.15) is 5.75 Å². The predicted octanol–water partition coefficient (Wildman–Crippen LogP) is 2.51. The summed E-state index contributed by atoms with van der Waals surface area (Å²) in [5, 5.41) is 3.03. The van der Waals surface area contributed by atoms with Gasteiger partial charge in [-0.1, -0.05) is 24.3 Å². The van der Waals surface area contributed by atoms with Crippen molar-refractivity contribution in [1.29, 1.82) is 0 Å². The van der Waals surface area contributed by atoms with Crippen molar-refractivity contribution in [3.8, 4) is 5.75 Å². The van der Waals surface area contributed by atoms with Gasteiger partial charge in [-0.2, -0.15) is 0 Å². The number of carbonyl (C=O) groups excluding carboxylic acids is 1. The first kappa shape index (κ1) is 19.4. The number of aryl methyl sites for hydroxylation is 1. The summed E-state index contributed by atoms with van der Waals surface area (Å²) < 4.78 is 30.8. The van der Waals surface area contributed by atoms with E-state index in [0.29, 0.717) is 5.75 Å². The second kappa shape index (κ2) is 8.10. The zero-order valence-electron chi connectivity index (χ0n) is 15.5. The number of hydrogen-bond donors (Lipinski definition) is 1. The van der Waals surface area contributed by atoms with Crippen LogP contribution in [0, 0.1) is 0 Å². The molecular weight excluding hydrogens is 364 g/mol. The molecule has 3 rings (SSSR count). The molecule has 2 aromatic rings. The van der Waals surface area contributed by atoms with Crippen molar-refractivity contribution >= 4 is 15.9 Å². The molecule has 0 saturated carbocycles. The zero-order valence-corrected chi connectivity index (χ0v) is 16.3. The van der Waals surface area contributed by atoms with Crippen LogP contribution in [0.2, 0.25) is 0 Å². The molecule has 2 aromatic carbocycles. The monoisotopic (exact) mass is 388 g/mol. The number of hydrogen-bond acceptors (Lipinski definition) is 4. The molecule has 0 spiro atoms. The summed E-state index contributed by atoms with van der Waals surface area (Å²) in [5.41, 5.74) is 2.46. The highest BCUT2D eigenvalue weighted by atomic mass is 32.2. The highest BCUT2D eigenvalue weighted by molar-refractivity contribution is 7.89. The Morgan fingerprint density at radius 3 is 2.56 bits per heavy atom. The molecule has 27 heavy (non-hydrogen) atoms. The van der Waals surface area contributed by atoms with Gasteiger partial charge in [-0.25, -0.2) is 12.7 Å². The molecule has 1 aliphatic carbocycles. The molecule has 0 aromatic heterocycles. The molecule has 0 saturated heterocycles. The Balaban J connectivity index is 1.57. The van der Waals surface area contributed by atoms with Crippen LogP contribution in [0.1, 0.15) is 30.0 Å². The molecule has 1 N–H and O–H groups in total. The molecule has 0 fully saturated rings. The van der Waals surface area contributed by atoms with E-state index in [1.165, 1.54) is 37.4 Å². The number of nitrogens with zero attached hydrogens (tertiary/aromatic N) is 1. The first-order valence-electron chi connectivity index (χ1n) is 8.90. The number of carbonyl (C=O) groups is 1. The summed E-state index contributed by atoms with van der Waals surface area (Å²) in [6.45, 7) is -0.113. The van der Waals surface area contributed by atoms with Crippen LogP contribution in [0.25, 0.3) is 0 Å². The summed E-state index contributed by atoms with van der Waals surface area (Å²) >= 11 is 0. The highest BCUT2D eigenvalue weighted by Gasteiger charge is 2.21. The maximum atomic E-state index is 12.3. The first-order valence-corrected chi connectivity index (χ1v) is 10.3. The van der Waals surface area contributed by atoms with Gasteiger partial charge in [-0.15, -0.1) is 0 Å². The minimum Gasteiger partial charge on any atom is -0.484 e. The Labute approximate surface area is 160 Å². The van der Waals surface area contributed by atoms with Crippen molar-refractivity contribution in [2.75, 3.05) is 20.7 Å². The first-order chi connectivity index (χ1) is 12.9. The maximum absolute atomic E-state index is 12.3. The number of ether oxygens (including phenoxy) is 1. The molecule has 0 aliphatic heterocycles. The molecule has 0 heterocycles. The van der Waals surface area contributed by atoms with Gasteiger partial charge in [0.25, 0.3) is 5.91 Å². The van der Waals surface area contributed by atoms with Crippen LogP contribution in [-0.4, -0.2) is 39.3 Å². The number of fused-ring (bicyclic) bond motifs is 1. The normalized spacial score (nSPS) is 16.6. The Morgan fingerprint density at radius 1 is 1.15 bits per heavy atom. The van der Waals surface area contributed by atoms with E-state index in [1.54, 1.807) is 12.1 Å². The molecule has 1 atom stereocenters. The maximum Gasteiger partial charge on any atom is 0.258 e. The van der Waals surface area contributed by atoms with E-state index in [9.17, 15) is 13.2 Å². The number of nitrogens with one attached hydrogen (secondary N) is 1. The van der Waals surface area contributed by atoms with Crippen LogP contribution in [0.4, 0.5) is 0 Å². The van der Waals surface area contributed by atoms with Crippen molar-refractivity contribution in [3.63, 3.8) is 0 Å². The van der Waals surface area contributed by atoms with Crippen LogP contribution in [0.5, 0.6) is 5.75 Å². The van der Waals surface area contributed by atoms with Crippen LogP contribution < -0.4 is 10.1 Å². The Kier molecular flexibility index (Phi) is 5.82. The van der Waals surface area contributed by atoms with Gasteiger partial charge in [-0.3, -0.25) is 4.79 Å². The minimum atomic E-state index is -3.47. The Bertz CT molecular complexity index is 908. The Morgan fingerprint density at radius 2 is 1.85 bits per heavy atom. The van der Waals surface area contributed by atoms with E-state index in [4.69, 9.17) is 4.74 Å². The van der Waals surface area contributed by atoms with Crippen LogP contribution in [0.3, 0.4) is 0 Å². The lowest BCUT2D eigenvalue weighted by molar-refractivity contribution is -0.123. The number of amides is 1. The summed E-state index contributed by atoms with van der Waals surface area (Å²) in [6, 6.07) is 14.2. The van der Waals surface area contributed by atoms with Gasteiger partial charge >= 0.3 is 0 Å². The van der Waals surface area contributed by atoms with Gasteiger partial charge in [0.15, 0.2) is 6.61 Å². The second-order valence-corrected chi connectivity index (χ2v) is 8.91. The molecule has 6 nitrogen and oxygen atoms in total. The predicted molar refractivity (Wildman–Crippen MR) is 103 cm³/mol. The average Bonchev–Trinajstić information content (AvgIpc) is 2.67. The van der Waals surface area contributed by atoms with E-state index < -0.39 is 10.0 Å². The molecular formula is C20H24N2O4S. The molecule has 0 unspecified atom stereocenters. The summed E-state index contributed by atoms with van der Waals surface area (Å²) in [6.07, 6.45) is 3.01. The molecule has 0 bridgehead atoms. The summed E-state index contributed by atoms with van der Waals surface area (Å²) in [7, 11) is -0.515. The minimum absolute atomic E-state index is 0.0126. The molecule has 1 amide bonds. The lowest BCUT2D eigenvalue weighted by Crippen LogP contribution is -2.34. The third kappa shape index (κ3) is 4.48. The number of sulfonamides is 1. The third-order valence-electron chi connectivity index (χ3n) is 4.68. The van der Waals surface area contributed by atoms with Crippen molar-refractivity contribution in [1.82, 2.24) is 9.62 Å². The molecule has 144 valence electrons. The van der Waals surface area contributed by atoms with E-state index in [0.717, 1.165) is 23.6 Å². The van der Waals surface area contributed by atoms with Crippen LogP contribution in [-0.2, 0) is 21.2 Å². The van der Waals surface area contributed by atoms with Crippen LogP contribution >= 0.6 is 0 Å². The van der Waals surface area contributed by atoms with Crippen molar-refractivity contribution in [2.45, 2.75) is 30.2 Å². The summed E-state index contributed by atoms with van der Waals surface area (Å²) in [5.74, 6) is 0.258. The van der Waals surface area contributed by atoms with Gasteiger partial charge in [-0.05, 0) is 54.7 Å². The fourth-order valence-electron chi connectivity index (χ4n) is 3.21. The molecule has 1 aliphatic rings. The number of rotatable bonds is 6. The van der Waals surface area contributed by atoms with Gasteiger partial charge in [0.2, 0.25) is 10.0 Å². The quantitative estimate of drug-likeness (QED) is 0.825. The Hall–Kier alpha value is -2.38. The highest BCUT2D eigenvalue weighted by Crippen LogP contribution is 2.29. The van der Waals surface area contributed by atoms with Crippen molar-refractivity contribution in [3.05, 3.63) is 59.7 Å². The van der Waals surface area contributed by atoms with Gasteiger partial charge in [0, 0.05) is 14.1 Å². The fraction of sp³-hybridized carbons (Fsp3) is 0.350. The van der Waals surface area contributed by atoms with E-state index >= 15 is 0 Å². The average molecular weight is 388 g/mol. The third-order valence-corrected chi connectivity index (χ3v) is 6.51. The second-order valence-electron chi connectivity index (χ2n) is 6.76. The summed E-state index contributed by atoms with van der Waals surface area (Å²) in [4.78, 5) is 12.5. The lowest BCUT2D eigenvalue weighted by atomic mass is 9.88. The smallest absolute Gasteiger partial charge is 0.258 e. The van der Waals surface area contributed by atoms with E-state index in [1.807, 2.05) is 12.1 Å². The molecule has 7 heteroatoms. The number of benzene rings is 2. The van der Waals surface area contributed by atoms with Gasteiger partial charge in [0.05, 0.1) is 10.9 Å². The van der Waals surface area contributed by atoms with Crippen molar-refractivity contribution in [2.24, 2.45) is 0 Å². The molecule has 0 radical (unpaired) electrons. The largest absolute Gasteiger partial charge is 0.484 e. The zero-order chi connectivity index (χ0) is 19.4. The lowest BCUT2D eigenvalue weighted by Gasteiger charge is -2.26. The van der Waals surface area contributed by atoms with Gasteiger partial charge < -0.3 is 10.1 Å². The fourth-order valence-corrected chi connectivity index (χ4v) is 4.11. The van der Waals surface area contributed by atoms with Crippen molar-refractivity contribution < 1.29 is 17.9 Å².